The molecular formula is C9H11BrN4S. The first-order chi connectivity index (χ1) is 7.29. The van der Waals surface area contributed by atoms with Crippen LogP contribution in [0.5, 0.6) is 0 Å². The molecule has 0 aliphatic carbocycles. The van der Waals surface area contributed by atoms with Gasteiger partial charge in [-0.1, -0.05) is 0 Å². The molecule has 2 rings (SSSR count). The average Bonchev–Trinajstić information content (AvgIpc) is 2.85. The van der Waals surface area contributed by atoms with Gasteiger partial charge in [-0.05, 0) is 28.1 Å². The number of hydrazine groups is 1. The fourth-order valence-electron chi connectivity index (χ4n) is 1.37. The van der Waals surface area contributed by atoms with Gasteiger partial charge in [0.2, 0.25) is 0 Å². The second-order valence-electron chi connectivity index (χ2n) is 3.10. The Morgan fingerprint density at radius 1 is 1.60 bits per heavy atom. The number of halogens is 1. The Kier molecular flexibility index (Phi) is 3.53. The minimum absolute atomic E-state index is 0.0329. The molecule has 0 aliphatic heterocycles. The third kappa shape index (κ3) is 2.66. The molecule has 0 fully saturated rings. The summed E-state index contributed by atoms with van der Waals surface area (Å²) in [6, 6.07) is 4.16. The van der Waals surface area contributed by atoms with Crippen LogP contribution in [0, 0.1) is 0 Å². The van der Waals surface area contributed by atoms with Crippen LogP contribution in [0.1, 0.15) is 16.7 Å². The van der Waals surface area contributed by atoms with E-state index in [1.54, 1.807) is 23.7 Å². The predicted molar refractivity (Wildman–Crippen MR) is 64.4 cm³/mol. The van der Waals surface area contributed by atoms with E-state index >= 15 is 0 Å². The fourth-order valence-corrected chi connectivity index (χ4v) is 2.89. The van der Waals surface area contributed by atoms with Crippen molar-refractivity contribution in [2.24, 2.45) is 5.84 Å². The van der Waals surface area contributed by atoms with Gasteiger partial charge in [0.05, 0.1) is 9.83 Å². The van der Waals surface area contributed by atoms with E-state index in [4.69, 9.17) is 5.84 Å². The SMILES string of the molecule is NNC(Cc1ccc(Br)s1)c1ncc[nH]1. The predicted octanol–water partition coefficient (Wildman–Crippen LogP) is 1.98. The van der Waals surface area contributed by atoms with Gasteiger partial charge < -0.3 is 4.98 Å². The van der Waals surface area contributed by atoms with Gasteiger partial charge in [-0.3, -0.25) is 5.84 Å². The van der Waals surface area contributed by atoms with E-state index in [0.29, 0.717) is 0 Å². The first-order valence-corrected chi connectivity index (χ1v) is 6.10. The van der Waals surface area contributed by atoms with Crippen LogP contribution < -0.4 is 11.3 Å². The molecule has 0 saturated carbocycles. The highest BCUT2D eigenvalue weighted by Crippen LogP contribution is 2.25. The van der Waals surface area contributed by atoms with Crippen molar-refractivity contribution in [1.29, 1.82) is 0 Å². The third-order valence-corrected chi connectivity index (χ3v) is 3.73. The monoisotopic (exact) mass is 286 g/mol. The zero-order valence-corrected chi connectivity index (χ0v) is 10.3. The number of H-pyrrole nitrogens is 1. The summed E-state index contributed by atoms with van der Waals surface area (Å²) in [5, 5.41) is 0. The highest BCUT2D eigenvalue weighted by molar-refractivity contribution is 9.11. The molecule has 0 aromatic carbocycles. The van der Waals surface area contributed by atoms with Crippen LogP contribution in [-0.4, -0.2) is 9.97 Å². The quantitative estimate of drug-likeness (QED) is 0.595. The Morgan fingerprint density at radius 3 is 3.00 bits per heavy atom. The number of nitrogens with one attached hydrogen (secondary N) is 2. The van der Waals surface area contributed by atoms with Crippen molar-refractivity contribution in [2.45, 2.75) is 12.5 Å². The molecule has 2 aromatic heterocycles. The lowest BCUT2D eigenvalue weighted by molar-refractivity contribution is 0.531. The minimum atomic E-state index is 0.0329. The number of nitrogens with zero attached hydrogens (tertiary/aromatic N) is 1. The van der Waals surface area contributed by atoms with Gasteiger partial charge in [-0.15, -0.1) is 11.3 Å². The molecule has 4 N–H and O–H groups in total. The lowest BCUT2D eigenvalue weighted by Crippen LogP contribution is -2.30. The first kappa shape index (κ1) is 10.8. The maximum absolute atomic E-state index is 5.50. The number of hydrogen-bond acceptors (Lipinski definition) is 4. The summed E-state index contributed by atoms with van der Waals surface area (Å²) >= 11 is 5.14. The summed E-state index contributed by atoms with van der Waals surface area (Å²) in [7, 11) is 0. The Hall–Kier alpha value is -0.690. The van der Waals surface area contributed by atoms with E-state index in [1.165, 1.54) is 4.88 Å². The lowest BCUT2D eigenvalue weighted by Gasteiger charge is -2.11. The first-order valence-electron chi connectivity index (χ1n) is 4.49. The van der Waals surface area contributed by atoms with E-state index in [1.807, 2.05) is 6.07 Å². The summed E-state index contributed by atoms with van der Waals surface area (Å²) in [4.78, 5) is 8.50. The zero-order chi connectivity index (χ0) is 10.7. The Morgan fingerprint density at radius 2 is 2.47 bits per heavy atom. The van der Waals surface area contributed by atoms with Crippen molar-refractivity contribution in [3.63, 3.8) is 0 Å². The van der Waals surface area contributed by atoms with Gasteiger partial charge in [0.1, 0.15) is 5.82 Å². The van der Waals surface area contributed by atoms with E-state index in [9.17, 15) is 0 Å². The number of aromatic amines is 1. The Labute approximate surface area is 100 Å². The van der Waals surface area contributed by atoms with Crippen LogP contribution in [0.3, 0.4) is 0 Å². The molecule has 80 valence electrons. The molecule has 0 spiro atoms. The lowest BCUT2D eigenvalue weighted by atomic mass is 10.2. The van der Waals surface area contributed by atoms with Gasteiger partial charge >= 0.3 is 0 Å². The normalized spacial score (nSPS) is 12.9. The maximum atomic E-state index is 5.50. The smallest absolute Gasteiger partial charge is 0.124 e. The molecule has 0 aliphatic rings. The number of aromatic nitrogens is 2. The number of nitrogens with two attached hydrogens (primary N) is 1. The van der Waals surface area contributed by atoms with Crippen molar-refractivity contribution in [2.75, 3.05) is 0 Å². The van der Waals surface area contributed by atoms with Gasteiger partial charge in [0.15, 0.2) is 0 Å². The molecule has 0 radical (unpaired) electrons. The fraction of sp³-hybridized carbons (Fsp3) is 0.222. The maximum Gasteiger partial charge on any atom is 0.124 e. The van der Waals surface area contributed by atoms with Crippen LogP contribution in [0.25, 0.3) is 0 Å². The van der Waals surface area contributed by atoms with Crippen LogP contribution in [0.4, 0.5) is 0 Å². The molecule has 6 heteroatoms. The van der Waals surface area contributed by atoms with E-state index < -0.39 is 0 Å². The van der Waals surface area contributed by atoms with E-state index in [0.717, 1.165) is 16.0 Å². The van der Waals surface area contributed by atoms with E-state index in [2.05, 4.69) is 37.4 Å². The zero-order valence-electron chi connectivity index (χ0n) is 7.90. The number of hydrogen-bond donors (Lipinski definition) is 3. The van der Waals surface area contributed by atoms with Gasteiger partial charge in [-0.25, -0.2) is 10.4 Å². The summed E-state index contributed by atoms with van der Waals surface area (Å²) < 4.78 is 1.13. The second-order valence-corrected chi connectivity index (χ2v) is 5.65. The molecule has 2 heterocycles. The van der Waals surface area contributed by atoms with Crippen LogP contribution in [0.2, 0.25) is 0 Å². The van der Waals surface area contributed by atoms with Gasteiger partial charge in [0.25, 0.3) is 0 Å². The van der Waals surface area contributed by atoms with E-state index in [-0.39, 0.29) is 6.04 Å². The molecule has 0 amide bonds. The molecule has 1 atom stereocenters. The number of rotatable bonds is 4. The number of thiophene rings is 1. The molecular weight excluding hydrogens is 276 g/mol. The summed E-state index contributed by atoms with van der Waals surface area (Å²) in [6.45, 7) is 0. The number of imidazole rings is 1. The van der Waals surface area contributed by atoms with Crippen LogP contribution in [0.15, 0.2) is 28.3 Å². The summed E-state index contributed by atoms with van der Waals surface area (Å²) in [6.07, 6.45) is 4.36. The molecule has 1 unspecified atom stereocenters. The minimum Gasteiger partial charge on any atom is -0.347 e. The van der Waals surface area contributed by atoms with Gasteiger partial charge in [0, 0.05) is 23.7 Å². The highest BCUT2D eigenvalue weighted by atomic mass is 79.9. The largest absolute Gasteiger partial charge is 0.347 e. The topological polar surface area (TPSA) is 66.7 Å². The molecule has 2 aromatic rings. The standard InChI is InChI=1S/C9H11BrN4S/c10-8-2-1-6(15-8)5-7(14-11)9-12-3-4-13-9/h1-4,7,14H,5,11H2,(H,12,13). The third-order valence-electron chi connectivity index (χ3n) is 2.08. The van der Waals surface area contributed by atoms with Crippen molar-refractivity contribution in [1.82, 2.24) is 15.4 Å². The molecule has 0 bridgehead atoms. The molecule has 0 saturated heterocycles. The van der Waals surface area contributed by atoms with Crippen molar-refractivity contribution in [3.05, 3.63) is 39.0 Å². The van der Waals surface area contributed by atoms with Crippen molar-refractivity contribution in [3.8, 4) is 0 Å². The summed E-state index contributed by atoms with van der Waals surface area (Å²) in [5.74, 6) is 6.36. The summed E-state index contributed by atoms with van der Waals surface area (Å²) in [5.41, 5.74) is 2.76. The Bertz CT molecular complexity index is 411. The van der Waals surface area contributed by atoms with Crippen LogP contribution >= 0.6 is 27.3 Å². The van der Waals surface area contributed by atoms with Gasteiger partial charge in [-0.2, -0.15) is 0 Å². The molecule has 15 heavy (non-hydrogen) atoms. The van der Waals surface area contributed by atoms with Crippen molar-refractivity contribution < 1.29 is 0 Å². The Balaban J connectivity index is 2.09. The average molecular weight is 287 g/mol. The highest BCUT2D eigenvalue weighted by Gasteiger charge is 2.13. The second kappa shape index (κ2) is 4.89. The van der Waals surface area contributed by atoms with Crippen LogP contribution in [-0.2, 0) is 6.42 Å². The van der Waals surface area contributed by atoms with Crippen molar-refractivity contribution >= 4 is 27.3 Å². The molecule has 4 nitrogen and oxygen atoms in total.